The van der Waals surface area contributed by atoms with Gasteiger partial charge in [-0.25, -0.2) is 0 Å². The molecule has 0 amide bonds. The monoisotopic (exact) mass is 395 g/mol. The van der Waals surface area contributed by atoms with Crippen molar-refractivity contribution in [1.82, 2.24) is 6.15 Å². The summed E-state index contributed by atoms with van der Waals surface area (Å²) in [4.78, 5) is -0.257. The van der Waals surface area contributed by atoms with Crippen molar-refractivity contribution < 1.29 is 0 Å². The summed E-state index contributed by atoms with van der Waals surface area (Å²) in [5.74, 6) is 0. The molecular weight excluding hydrogens is 350 g/mol. The summed E-state index contributed by atoms with van der Waals surface area (Å²) >= 11 is 6.53. The first-order chi connectivity index (χ1) is 12.6. The van der Waals surface area contributed by atoms with Crippen molar-refractivity contribution in [2.24, 2.45) is 0 Å². The zero-order valence-electron chi connectivity index (χ0n) is 18.5. The van der Waals surface area contributed by atoms with E-state index in [1.807, 2.05) is 0 Å². The molecule has 0 fully saturated rings. The van der Waals surface area contributed by atoms with Gasteiger partial charge in [0.15, 0.2) is 0 Å². The molecule has 0 saturated heterocycles. The minimum atomic E-state index is -0.257. The van der Waals surface area contributed by atoms with Gasteiger partial charge in [0.2, 0.25) is 0 Å². The molecule has 0 saturated carbocycles. The Morgan fingerprint density at radius 3 is 1.52 bits per heavy atom. The van der Waals surface area contributed by atoms with E-state index >= 15 is 0 Å². The average molecular weight is 396 g/mol. The lowest BCUT2D eigenvalue weighted by Crippen LogP contribution is -2.10. The SMILES string of the molecule is CCCCCCCCCCCCCCCCc1ccccc1C(C)(C)Cl.N. The van der Waals surface area contributed by atoms with Crippen LogP contribution in [0.5, 0.6) is 0 Å². The van der Waals surface area contributed by atoms with Crippen LogP contribution in [0.4, 0.5) is 0 Å². The Bertz CT molecular complexity index is 450. The van der Waals surface area contributed by atoms with Gasteiger partial charge in [0.05, 0.1) is 4.87 Å². The fourth-order valence-electron chi connectivity index (χ4n) is 3.83. The Hall–Kier alpha value is -0.530. The second-order valence-corrected chi connectivity index (χ2v) is 9.42. The third-order valence-electron chi connectivity index (χ3n) is 5.46. The molecule has 0 atom stereocenters. The topological polar surface area (TPSA) is 35.0 Å². The van der Waals surface area contributed by atoms with Crippen LogP contribution in [-0.4, -0.2) is 0 Å². The third-order valence-corrected chi connectivity index (χ3v) is 5.66. The molecule has 0 unspecified atom stereocenters. The molecule has 0 aliphatic heterocycles. The molecule has 0 aliphatic carbocycles. The molecule has 158 valence electrons. The maximum absolute atomic E-state index is 6.53. The second kappa shape index (κ2) is 16.4. The molecule has 0 heterocycles. The Morgan fingerprint density at radius 2 is 1.07 bits per heavy atom. The summed E-state index contributed by atoms with van der Waals surface area (Å²) in [6, 6.07) is 8.69. The predicted octanol–water partition coefficient (Wildman–Crippen LogP) is 9.35. The lowest BCUT2D eigenvalue weighted by Gasteiger charge is -2.20. The van der Waals surface area contributed by atoms with Crippen LogP contribution in [0.25, 0.3) is 0 Å². The lowest BCUT2D eigenvalue weighted by molar-refractivity contribution is 0.535. The van der Waals surface area contributed by atoms with E-state index in [4.69, 9.17) is 11.6 Å². The minimum absolute atomic E-state index is 0. The summed E-state index contributed by atoms with van der Waals surface area (Å²) in [6.45, 7) is 6.48. The highest BCUT2D eigenvalue weighted by molar-refractivity contribution is 6.23. The predicted molar refractivity (Wildman–Crippen MR) is 124 cm³/mol. The quantitative estimate of drug-likeness (QED) is 0.219. The number of unbranched alkanes of at least 4 members (excludes halogenated alkanes) is 13. The van der Waals surface area contributed by atoms with Crippen molar-refractivity contribution in [1.29, 1.82) is 0 Å². The van der Waals surface area contributed by atoms with E-state index in [2.05, 4.69) is 45.0 Å². The fourth-order valence-corrected chi connectivity index (χ4v) is 4.01. The highest BCUT2D eigenvalue weighted by Gasteiger charge is 2.19. The first kappa shape index (κ1) is 26.5. The lowest BCUT2D eigenvalue weighted by atomic mass is 9.93. The molecule has 0 spiro atoms. The molecule has 0 bridgehead atoms. The van der Waals surface area contributed by atoms with Crippen LogP contribution < -0.4 is 6.15 Å². The van der Waals surface area contributed by atoms with Gasteiger partial charge in [-0.3, -0.25) is 0 Å². The van der Waals surface area contributed by atoms with Crippen molar-refractivity contribution in [3.05, 3.63) is 35.4 Å². The third kappa shape index (κ3) is 13.3. The highest BCUT2D eigenvalue weighted by Crippen LogP contribution is 2.31. The van der Waals surface area contributed by atoms with Crippen LogP contribution in [0.2, 0.25) is 0 Å². The summed E-state index contributed by atoms with van der Waals surface area (Å²) in [5.41, 5.74) is 2.74. The molecule has 2 heteroatoms. The summed E-state index contributed by atoms with van der Waals surface area (Å²) in [6.07, 6.45) is 21.0. The number of hydrogen-bond donors (Lipinski definition) is 1. The molecule has 27 heavy (non-hydrogen) atoms. The van der Waals surface area contributed by atoms with Crippen LogP contribution >= 0.6 is 11.6 Å². The number of halogens is 1. The van der Waals surface area contributed by atoms with Crippen LogP contribution in [0.3, 0.4) is 0 Å². The maximum Gasteiger partial charge on any atom is 0.0641 e. The van der Waals surface area contributed by atoms with Gasteiger partial charge in [-0.05, 0) is 37.8 Å². The van der Waals surface area contributed by atoms with Crippen molar-refractivity contribution in [3.63, 3.8) is 0 Å². The van der Waals surface area contributed by atoms with Crippen molar-refractivity contribution in [2.45, 2.75) is 122 Å². The number of benzene rings is 1. The standard InChI is InChI=1S/C25H43Cl.H3N/c1-4-5-6-7-8-9-10-11-12-13-14-15-16-17-20-23-21-18-19-22-24(23)25(2,3)26;/h18-19,21-22H,4-17,20H2,1-3H3;1H3. The summed E-state index contributed by atoms with van der Waals surface area (Å²) < 4.78 is 0. The first-order valence-electron chi connectivity index (χ1n) is 11.3. The number of rotatable bonds is 16. The van der Waals surface area contributed by atoms with E-state index < -0.39 is 0 Å². The average Bonchev–Trinajstić information content (AvgIpc) is 2.61. The van der Waals surface area contributed by atoms with E-state index in [1.165, 1.54) is 107 Å². The molecule has 0 aliphatic rings. The van der Waals surface area contributed by atoms with Gasteiger partial charge in [-0.2, -0.15) is 0 Å². The number of alkyl halides is 1. The van der Waals surface area contributed by atoms with Gasteiger partial charge in [0.1, 0.15) is 0 Å². The van der Waals surface area contributed by atoms with Crippen LogP contribution in [0.1, 0.15) is 122 Å². The minimum Gasteiger partial charge on any atom is -0.344 e. The molecule has 1 nitrogen and oxygen atoms in total. The molecule has 1 aromatic rings. The Labute approximate surface area is 175 Å². The number of hydrogen-bond acceptors (Lipinski definition) is 1. The largest absolute Gasteiger partial charge is 0.344 e. The van der Waals surface area contributed by atoms with Crippen molar-refractivity contribution >= 4 is 11.6 Å². The van der Waals surface area contributed by atoms with E-state index in [-0.39, 0.29) is 11.0 Å². The highest BCUT2D eigenvalue weighted by atomic mass is 35.5. The smallest absolute Gasteiger partial charge is 0.0641 e. The van der Waals surface area contributed by atoms with Gasteiger partial charge < -0.3 is 6.15 Å². The normalized spacial score (nSPS) is 11.4. The van der Waals surface area contributed by atoms with Crippen molar-refractivity contribution in [2.75, 3.05) is 0 Å². The fraction of sp³-hybridized carbons (Fsp3) is 0.760. The number of aryl methyl sites for hydroxylation is 1. The molecule has 3 N–H and O–H groups in total. The van der Waals surface area contributed by atoms with Crippen LogP contribution in [0.15, 0.2) is 24.3 Å². The Morgan fingerprint density at radius 1 is 0.667 bits per heavy atom. The second-order valence-electron chi connectivity index (χ2n) is 8.48. The zero-order chi connectivity index (χ0) is 19.1. The van der Waals surface area contributed by atoms with Crippen molar-refractivity contribution in [3.8, 4) is 0 Å². The van der Waals surface area contributed by atoms with Gasteiger partial charge in [0, 0.05) is 0 Å². The molecule has 1 rings (SSSR count). The Balaban J connectivity index is 0.00000676. The van der Waals surface area contributed by atoms with Gasteiger partial charge in [-0.15, -0.1) is 11.6 Å². The first-order valence-corrected chi connectivity index (χ1v) is 11.7. The summed E-state index contributed by atoms with van der Waals surface area (Å²) in [5, 5.41) is 0. The Kier molecular flexibility index (Phi) is 16.1. The zero-order valence-corrected chi connectivity index (χ0v) is 19.3. The van der Waals surface area contributed by atoms with E-state index in [0.717, 1.165) is 0 Å². The molecule has 0 aromatic heterocycles. The van der Waals surface area contributed by atoms with E-state index in [1.54, 1.807) is 0 Å². The maximum atomic E-state index is 6.53. The van der Waals surface area contributed by atoms with Gasteiger partial charge >= 0.3 is 0 Å². The molecule has 0 radical (unpaired) electrons. The van der Waals surface area contributed by atoms with E-state index in [0.29, 0.717) is 0 Å². The molecular formula is C25H46ClN. The van der Waals surface area contributed by atoms with Crippen LogP contribution in [0, 0.1) is 0 Å². The summed E-state index contributed by atoms with van der Waals surface area (Å²) in [7, 11) is 0. The van der Waals surface area contributed by atoms with Crippen LogP contribution in [-0.2, 0) is 11.3 Å². The van der Waals surface area contributed by atoms with E-state index in [9.17, 15) is 0 Å². The van der Waals surface area contributed by atoms with Gasteiger partial charge in [0.25, 0.3) is 0 Å². The van der Waals surface area contributed by atoms with Gasteiger partial charge in [-0.1, -0.05) is 115 Å². The molecule has 1 aromatic carbocycles.